The first kappa shape index (κ1) is 15.8. The molecule has 0 fully saturated rings. The molecule has 0 radical (unpaired) electrons. The number of rotatable bonds is 5. The van der Waals surface area contributed by atoms with Crippen LogP contribution in [0.1, 0.15) is 17.1 Å². The maximum Gasteiger partial charge on any atom is 0.126 e. The molecule has 1 aliphatic rings. The van der Waals surface area contributed by atoms with Gasteiger partial charge in [0.1, 0.15) is 11.6 Å². The number of anilines is 1. The number of hydrogen-bond acceptors (Lipinski definition) is 5. The maximum absolute atomic E-state index is 4.63. The number of aromatic nitrogens is 5. The zero-order valence-corrected chi connectivity index (χ0v) is 14.5. The summed E-state index contributed by atoms with van der Waals surface area (Å²) in [7, 11) is 1.96. The molecule has 4 rings (SSSR count). The van der Waals surface area contributed by atoms with Gasteiger partial charge in [0.15, 0.2) is 0 Å². The summed E-state index contributed by atoms with van der Waals surface area (Å²) >= 11 is 0. The number of aryl methyl sites for hydroxylation is 1. The SMILES string of the molecule is Cn1cc(CN2CCc3ncc(CNc4ccccn4)n3CC2)cn1. The molecule has 1 N–H and O–H groups in total. The minimum Gasteiger partial charge on any atom is -0.364 e. The van der Waals surface area contributed by atoms with E-state index in [1.807, 2.05) is 42.3 Å². The molecule has 3 aromatic rings. The maximum atomic E-state index is 4.63. The third kappa shape index (κ3) is 3.71. The second-order valence-corrected chi connectivity index (χ2v) is 6.43. The Hall–Kier alpha value is -2.67. The summed E-state index contributed by atoms with van der Waals surface area (Å²) in [5.74, 6) is 2.07. The van der Waals surface area contributed by atoms with Crippen LogP contribution in [0, 0.1) is 0 Å². The average molecular weight is 337 g/mol. The predicted molar refractivity (Wildman–Crippen MR) is 96.0 cm³/mol. The Morgan fingerprint density at radius 2 is 2.08 bits per heavy atom. The molecule has 0 spiro atoms. The van der Waals surface area contributed by atoms with Crippen LogP contribution in [0.5, 0.6) is 0 Å². The van der Waals surface area contributed by atoms with Crippen LogP contribution in [0.15, 0.2) is 43.0 Å². The van der Waals surface area contributed by atoms with E-state index in [4.69, 9.17) is 0 Å². The van der Waals surface area contributed by atoms with Crippen molar-refractivity contribution in [2.45, 2.75) is 26.1 Å². The highest BCUT2D eigenvalue weighted by Gasteiger charge is 2.17. The summed E-state index contributed by atoms with van der Waals surface area (Å²) in [5.41, 5.74) is 2.47. The van der Waals surface area contributed by atoms with Gasteiger partial charge in [-0.05, 0) is 12.1 Å². The molecule has 25 heavy (non-hydrogen) atoms. The predicted octanol–water partition coefficient (Wildman–Crippen LogP) is 1.68. The van der Waals surface area contributed by atoms with E-state index in [9.17, 15) is 0 Å². The summed E-state index contributed by atoms with van der Waals surface area (Å²) in [6.07, 6.45) is 8.80. The lowest BCUT2D eigenvalue weighted by molar-refractivity contribution is 0.271. The minimum absolute atomic E-state index is 0.743. The van der Waals surface area contributed by atoms with E-state index in [-0.39, 0.29) is 0 Å². The van der Waals surface area contributed by atoms with Gasteiger partial charge in [0.05, 0.1) is 24.6 Å². The molecule has 4 heterocycles. The van der Waals surface area contributed by atoms with Gasteiger partial charge in [0.2, 0.25) is 0 Å². The average Bonchev–Trinajstić information content (AvgIpc) is 3.16. The van der Waals surface area contributed by atoms with Crippen LogP contribution >= 0.6 is 0 Å². The molecule has 7 nitrogen and oxygen atoms in total. The highest BCUT2D eigenvalue weighted by Crippen LogP contribution is 2.15. The topological polar surface area (TPSA) is 63.8 Å². The number of nitrogens with one attached hydrogen (secondary N) is 1. The number of imidazole rings is 1. The Morgan fingerprint density at radius 3 is 2.88 bits per heavy atom. The smallest absolute Gasteiger partial charge is 0.126 e. The van der Waals surface area contributed by atoms with E-state index >= 15 is 0 Å². The van der Waals surface area contributed by atoms with Gasteiger partial charge in [-0.25, -0.2) is 9.97 Å². The first-order valence-corrected chi connectivity index (χ1v) is 8.66. The largest absolute Gasteiger partial charge is 0.364 e. The summed E-state index contributed by atoms with van der Waals surface area (Å²) in [6.45, 7) is 4.70. The third-order valence-electron chi connectivity index (χ3n) is 4.59. The molecule has 1 aliphatic heterocycles. The van der Waals surface area contributed by atoms with Crippen molar-refractivity contribution in [3.05, 3.63) is 60.1 Å². The zero-order chi connectivity index (χ0) is 17.1. The number of hydrogen-bond donors (Lipinski definition) is 1. The second-order valence-electron chi connectivity index (χ2n) is 6.43. The highest BCUT2D eigenvalue weighted by atomic mass is 15.3. The zero-order valence-electron chi connectivity index (χ0n) is 14.5. The quantitative estimate of drug-likeness (QED) is 0.767. The van der Waals surface area contributed by atoms with E-state index in [1.165, 1.54) is 17.1 Å². The molecule has 3 aromatic heterocycles. The fourth-order valence-corrected chi connectivity index (χ4v) is 3.30. The van der Waals surface area contributed by atoms with Gasteiger partial charge in [-0.15, -0.1) is 0 Å². The van der Waals surface area contributed by atoms with Crippen molar-refractivity contribution in [1.82, 2.24) is 29.2 Å². The van der Waals surface area contributed by atoms with Gasteiger partial charge in [0, 0.05) is 57.6 Å². The van der Waals surface area contributed by atoms with Crippen molar-refractivity contribution < 1.29 is 0 Å². The van der Waals surface area contributed by atoms with Crippen LogP contribution in [0.2, 0.25) is 0 Å². The van der Waals surface area contributed by atoms with Crippen molar-refractivity contribution in [2.24, 2.45) is 7.05 Å². The van der Waals surface area contributed by atoms with Gasteiger partial charge in [-0.2, -0.15) is 5.10 Å². The van der Waals surface area contributed by atoms with E-state index in [1.54, 1.807) is 6.20 Å². The standard InChI is InChI=1S/C18H23N7/c1-23-13-15(10-22-23)14-24-7-5-18-21-12-16(25(18)9-8-24)11-20-17-4-2-3-6-19-17/h2-4,6,10,12-13H,5,7-9,11,14H2,1H3,(H,19,20). The van der Waals surface area contributed by atoms with Gasteiger partial charge in [0.25, 0.3) is 0 Å². The molecule has 0 unspecified atom stereocenters. The molecule has 0 saturated heterocycles. The second kappa shape index (κ2) is 7.06. The monoisotopic (exact) mass is 337 g/mol. The molecular formula is C18H23N7. The Labute approximate surface area is 147 Å². The third-order valence-corrected chi connectivity index (χ3v) is 4.59. The first-order chi connectivity index (χ1) is 12.3. The van der Waals surface area contributed by atoms with Crippen molar-refractivity contribution in [3.8, 4) is 0 Å². The van der Waals surface area contributed by atoms with Gasteiger partial charge < -0.3 is 9.88 Å². The molecule has 0 aromatic carbocycles. The number of pyridine rings is 1. The van der Waals surface area contributed by atoms with Gasteiger partial charge >= 0.3 is 0 Å². The van der Waals surface area contributed by atoms with E-state index in [0.29, 0.717) is 0 Å². The molecule has 7 heteroatoms. The van der Waals surface area contributed by atoms with Crippen molar-refractivity contribution in [3.63, 3.8) is 0 Å². The van der Waals surface area contributed by atoms with E-state index in [0.717, 1.165) is 45.0 Å². The Morgan fingerprint density at radius 1 is 1.12 bits per heavy atom. The summed E-state index contributed by atoms with van der Waals surface area (Å²) < 4.78 is 4.21. The number of fused-ring (bicyclic) bond motifs is 1. The Bertz CT molecular complexity index is 821. The lowest BCUT2D eigenvalue weighted by Crippen LogP contribution is -2.26. The van der Waals surface area contributed by atoms with Crippen LogP contribution in [0.25, 0.3) is 0 Å². The summed E-state index contributed by atoms with van der Waals surface area (Å²) in [5, 5.41) is 7.64. The molecule has 130 valence electrons. The van der Waals surface area contributed by atoms with E-state index in [2.05, 4.69) is 36.0 Å². The molecule has 0 bridgehead atoms. The lowest BCUT2D eigenvalue weighted by atomic mass is 10.3. The summed E-state index contributed by atoms with van der Waals surface area (Å²) in [4.78, 5) is 11.4. The fraction of sp³-hybridized carbons (Fsp3) is 0.389. The molecular weight excluding hydrogens is 314 g/mol. The molecule has 0 aliphatic carbocycles. The van der Waals surface area contributed by atoms with Crippen LogP contribution in [0.3, 0.4) is 0 Å². The Balaban J connectivity index is 1.39. The molecule has 0 saturated carbocycles. The van der Waals surface area contributed by atoms with Crippen LogP contribution in [-0.2, 0) is 33.1 Å². The van der Waals surface area contributed by atoms with Crippen molar-refractivity contribution in [1.29, 1.82) is 0 Å². The fourth-order valence-electron chi connectivity index (χ4n) is 3.30. The lowest BCUT2D eigenvalue weighted by Gasteiger charge is -2.18. The molecule has 0 atom stereocenters. The van der Waals surface area contributed by atoms with Crippen LogP contribution in [0.4, 0.5) is 5.82 Å². The molecule has 0 amide bonds. The van der Waals surface area contributed by atoms with Crippen LogP contribution < -0.4 is 5.32 Å². The highest BCUT2D eigenvalue weighted by molar-refractivity contribution is 5.33. The van der Waals surface area contributed by atoms with Gasteiger partial charge in [-0.1, -0.05) is 6.07 Å². The van der Waals surface area contributed by atoms with Crippen molar-refractivity contribution >= 4 is 5.82 Å². The van der Waals surface area contributed by atoms with Gasteiger partial charge in [-0.3, -0.25) is 9.58 Å². The normalized spacial score (nSPS) is 14.9. The first-order valence-electron chi connectivity index (χ1n) is 8.66. The van der Waals surface area contributed by atoms with Crippen LogP contribution in [-0.4, -0.2) is 42.3 Å². The van der Waals surface area contributed by atoms with Crippen molar-refractivity contribution in [2.75, 3.05) is 18.4 Å². The summed E-state index contributed by atoms with van der Waals surface area (Å²) in [6, 6.07) is 5.89. The Kier molecular flexibility index (Phi) is 4.47. The van der Waals surface area contributed by atoms with E-state index < -0.39 is 0 Å². The minimum atomic E-state index is 0.743. The number of nitrogens with zero attached hydrogens (tertiary/aromatic N) is 6.